The molecule has 1 fully saturated rings. The molecule has 0 atom stereocenters. The topological polar surface area (TPSA) is 79.6 Å². The van der Waals surface area contributed by atoms with Gasteiger partial charge in [-0.3, -0.25) is 4.90 Å². The molecule has 4 rings (SSSR count). The maximum absolute atomic E-state index is 13.3. The minimum Gasteiger partial charge on any atom is -0.475 e. The Hall–Kier alpha value is -2.84. The van der Waals surface area contributed by atoms with E-state index in [1.165, 1.54) is 40.9 Å². The van der Waals surface area contributed by atoms with Gasteiger partial charge in [0.25, 0.3) is 0 Å². The van der Waals surface area contributed by atoms with Crippen molar-refractivity contribution in [3.8, 4) is 0 Å². The first-order chi connectivity index (χ1) is 17.6. The fourth-order valence-electron chi connectivity index (χ4n) is 3.66. The van der Waals surface area contributed by atoms with Gasteiger partial charge in [0, 0.05) is 22.6 Å². The Morgan fingerprint density at radius 2 is 1.71 bits per heavy atom. The molecule has 206 valence electrons. The van der Waals surface area contributed by atoms with Crippen molar-refractivity contribution in [2.45, 2.75) is 25.3 Å². The number of fused-ring (bicyclic) bond motifs is 1. The molecule has 0 spiro atoms. The third-order valence-electron chi connectivity index (χ3n) is 5.60. The summed E-state index contributed by atoms with van der Waals surface area (Å²) in [6.07, 6.45) is -4.48. The fourth-order valence-corrected chi connectivity index (χ4v) is 5.23. The van der Waals surface area contributed by atoms with Crippen LogP contribution >= 0.6 is 15.9 Å². The van der Waals surface area contributed by atoms with Crippen LogP contribution in [0.15, 0.2) is 59.2 Å². The number of carbonyl (C=O) groups is 1. The summed E-state index contributed by atoms with van der Waals surface area (Å²) in [4.78, 5) is 11.2. The van der Waals surface area contributed by atoms with Crippen LogP contribution in [0, 0.1) is 0 Å². The molecular weight excluding hydrogens is 606 g/mol. The number of aromatic nitrogens is 1. The van der Waals surface area contributed by atoms with E-state index in [1.807, 2.05) is 12.1 Å². The molecule has 1 aliphatic rings. The molecule has 0 unspecified atom stereocenters. The van der Waals surface area contributed by atoms with Crippen LogP contribution in [0.3, 0.4) is 0 Å². The zero-order valence-electron chi connectivity index (χ0n) is 19.4. The predicted octanol–water partition coefficient (Wildman–Crippen LogP) is 6.15. The number of hydrogen-bond acceptors (Lipinski definition) is 4. The number of carboxylic acids is 1. The number of carboxylic acid groups (broad SMARTS) is 1. The van der Waals surface area contributed by atoms with Crippen molar-refractivity contribution in [1.29, 1.82) is 0 Å². The molecule has 3 aromatic rings. The zero-order chi connectivity index (χ0) is 28.3. The molecule has 1 N–H and O–H groups in total. The quantitative estimate of drug-likeness (QED) is 0.332. The lowest BCUT2D eigenvalue weighted by molar-refractivity contribution is -0.192. The zero-order valence-corrected chi connectivity index (χ0v) is 21.8. The molecule has 6 nitrogen and oxygen atoms in total. The summed E-state index contributed by atoms with van der Waals surface area (Å²) >= 11 is 3.04. The second kappa shape index (κ2) is 11.5. The summed E-state index contributed by atoms with van der Waals surface area (Å²) in [6, 6.07) is 11.1. The molecular formula is C24H21BrF6N2O4S. The van der Waals surface area contributed by atoms with Crippen LogP contribution in [0.4, 0.5) is 26.3 Å². The highest BCUT2D eigenvalue weighted by molar-refractivity contribution is 9.10. The van der Waals surface area contributed by atoms with E-state index < -0.39 is 39.7 Å². The predicted molar refractivity (Wildman–Crippen MR) is 133 cm³/mol. The average Bonchev–Trinajstić information content (AvgIpc) is 3.22. The number of halogens is 7. The molecule has 14 heteroatoms. The van der Waals surface area contributed by atoms with E-state index in [0.717, 1.165) is 36.7 Å². The average molecular weight is 627 g/mol. The lowest BCUT2D eigenvalue weighted by atomic mass is 10.1. The van der Waals surface area contributed by atoms with E-state index in [1.54, 1.807) is 12.1 Å². The van der Waals surface area contributed by atoms with Crippen molar-refractivity contribution < 1.29 is 44.7 Å². The number of aliphatic carboxylic acids is 1. The largest absolute Gasteiger partial charge is 0.490 e. The van der Waals surface area contributed by atoms with Crippen molar-refractivity contribution in [3.63, 3.8) is 0 Å². The summed E-state index contributed by atoms with van der Waals surface area (Å²) in [5.41, 5.74) is 0.732. The number of likely N-dealkylation sites (tertiary alicyclic amines) is 1. The number of alkyl halides is 6. The second-order valence-electron chi connectivity index (χ2n) is 8.30. The minimum absolute atomic E-state index is 0.0832. The molecule has 1 aromatic heterocycles. The Labute approximate surface area is 222 Å². The van der Waals surface area contributed by atoms with Crippen molar-refractivity contribution in [2.75, 3.05) is 18.8 Å². The highest BCUT2D eigenvalue weighted by Gasteiger charge is 2.38. The van der Waals surface area contributed by atoms with Crippen molar-refractivity contribution in [3.05, 3.63) is 75.9 Å². The second-order valence-corrected chi connectivity index (χ2v) is 11.1. The van der Waals surface area contributed by atoms with Gasteiger partial charge >= 0.3 is 18.3 Å². The first-order valence-electron chi connectivity index (χ1n) is 11.0. The van der Waals surface area contributed by atoms with Gasteiger partial charge in [-0.1, -0.05) is 46.3 Å². The summed E-state index contributed by atoms with van der Waals surface area (Å²) < 4.78 is 98.9. The van der Waals surface area contributed by atoms with Gasteiger partial charge in [0.15, 0.2) is 0 Å². The normalized spacial score (nSPS) is 14.8. The number of hydrogen-bond donors (Lipinski definition) is 1. The Balaban J connectivity index is 0.000000505. The van der Waals surface area contributed by atoms with Gasteiger partial charge in [0.1, 0.15) is 0 Å². The molecule has 38 heavy (non-hydrogen) atoms. The molecule has 1 aliphatic heterocycles. The maximum atomic E-state index is 13.3. The monoisotopic (exact) mass is 626 g/mol. The first-order valence-corrected chi connectivity index (χ1v) is 13.4. The van der Waals surface area contributed by atoms with Crippen molar-refractivity contribution in [1.82, 2.24) is 8.87 Å². The van der Waals surface area contributed by atoms with E-state index in [9.17, 15) is 34.8 Å². The van der Waals surface area contributed by atoms with Crippen molar-refractivity contribution >= 4 is 48.9 Å². The van der Waals surface area contributed by atoms with Gasteiger partial charge in [-0.2, -0.15) is 26.3 Å². The van der Waals surface area contributed by atoms with E-state index >= 15 is 0 Å². The molecule has 2 heterocycles. The SMILES string of the molecule is O=C(O)C(F)(F)F.O=S(=O)(CC=Cc1ccc(Br)cc1C(F)(F)F)n1ccc2c(CN3CCC3)cccc21. The number of benzene rings is 2. The highest BCUT2D eigenvalue weighted by atomic mass is 79.9. The van der Waals surface area contributed by atoms with Gasteiger partial charge < -0.3 is 5.11 Å². The third kappa shape index (κ3) is 7.38. The van der Waals surface area contributed by atoms with Crippen LogP contribution in [0.1, 0.15) is 23.1 Å². The van der Waals surface area contributed by atoms with E-state index in [2.05, 4.69) is 20.8 Å². The fraction of sp³-hybridized carbons (Fsp3) is 0.292. The van der Waals surface area contributed by atoms with Gasteiger partial charge in [0.2, 0.25) is 10.0 Å². The Bertz CT molecular complexity index is 1440. The summed E-state index contributed by atoms with van der Waals surface area (Å²) in [6.45, 7) is 2.84. The molecule has 2 aromatic carbocycles. The molecule has 0 saturated carbocycles. The lowest BCUT2D eigenvalue weighted by Gasteiger charge is -2.30. The number of rotatable bonds is 6. The van der Waals surface area contributed by atoms with E-state index in [0.29, 0.717) is 9.99 Å². The van der Waals surface area contributed by atoms with Gasteiger partial charge in [-0.05, 0) is 54.9 Å². The molecule has 0 radical (unpaired) electrons. The molecule has 1 saturated heterocycles. The van der Waals surface area contributed by atoms with Crippen LogP contribution in [0.2, 0.25) is 0 Å². The van der Waals surface area contributed by atoms with Crippen LogP contribution in [-0.2, 0) is 27.5 Å². The van der Waals surface area contributed by atoms with Crippen LogP contribution in [-0.4, -0.2) is 53.4 Å². The van der Waals surface area contributed by atoms with E-state index in [-0.39, 0.29) is 5.56 Å². The third-order valence-corrected chi connectivity index (χ3v) is 7.62. The van der Waals surface area contributed by atoms with E-state index in [4.69, 9.17) is 9.90 Å². The van der Waals surface area contributed by atoms with Gasteiger partial charge in [-0.25, -0.2) is 17.2 Å². The summed E-state index contributed by atoms with van der Waals surface area (Å²) in [7, 11) is -3.78. The summed E-state index contributed by atoms with van der Waals surface area (Å²) in [5.74, 6) is -3.17. The number of nitrogens with zero attached hydrogens (tertiary/aromatic N) is 2. The summed E-state index contributed by atoms with van der Waals surface area (Å²) in [5, 5.41) is 7.99. The van der Waals surface area contributed by atoms with Crippen LogP contribution < -0.4 is 0 Å². The molecule has 0 aliphatic carbocycles. The Kier molecular flexibility index (Phi) is 8.99. The highest BCUT2D eigenvalue weighted by Crippen LogP contribution is 2.34. The lowest BCUT2D eigenvalue weighted by Crippen LogP contribution is -2.36. The molecule has 0 bridgehead atoms. The van der Waals surface area contributed by atoms with Crippen molar-refractivity contribution in [2.24, 2.45) is 0 Å². The Morgan fingerprint density at radius 1 is 1.05 bits per heavy atom. The Morgan fingerprint density at radius 3 is 2.26 bits per heavy atom. The minimum atomic E-state index is -5.08. The maximum Gasteiger partial charge on any atom is 0.490 e. The van der Waals surface area contributed by atoms with Crippen LogP contribution in [0.25, 0.3) is 17.0 Å². The smallest absolute Gasteiger partial charge is 0.475 e. The molecule has 0 amide bonds. The van der Waals surface area contributed by atoms with Gasteiger partial charge in [-0.15, -0.1) is 0 Å². The van der Waals surface area contributed by atoms with Crippen LogP contribution in [0.5, 0.6) is 0 Å². The standard InChI is InChI=1S/C22H20BrF3N2O2S.C2HF3O2/c23-18-8-7-16(20(14-18)22(24,25)26)5-2-13-31(29,30)28-12-9-19-17(4-1-6-21(19)28)15-27-10-3-11-27;3-2(4,5)1(6)7/h1-2,4-9,12,14H,3,10-11,13,15H2;(H,6,7). The van der Waals surface area contributed by atoms with Gasteiger partial charge in [0.05, 0.1) is 16.8 Å². The first kappa shape index (κ1) is 29.7.